The lowest BCUT2D eigenvalue weighted by Gasteiger charge is -2.22. The normalized spacial score (nSPS) is 14.2. The maximum absolute atomic E-state index is 14.1. The van der Waals surface area contributed by atoms with Gasteiger partial charge in [-0.15, -0.1) is 0 Å². The molecule has 0 aliphatic heterocycles. The zero-order valence-corrected chi connectivity index (χ0v) is 12.1. The first-order valence-corrected chi connectivity index (χ1v) is 7.10. The summed E-state index contributed by atoms with van der Waals surface area (Å²) in [7, 11) is 1.74. The van der Waals surface area contributed by atoms with E-state index in [0.29, 0.717) is 24.8 Å². The molecule has 0 spiro atoms. The van der Waals surface area contributed by atoms with Gasteiger partial charge in [-0.2, -0.15) is 0 Å². The van der Waals surface area contributed by atoms with Gasteiger partial charge in [-0.05, 0) is 31.4 Å². The molecule has 0 saturated heterocycles. The Bertz CT molecular complexity index is 474. The second kappa shape index (κ2) is 6.70. The predicted molar refractivity (Wildman–Crippen MR) is 78.2 cm³/mol. The predicted octanol–water partition coefficient (Wildman–Crippen LogP) is 1.65. The summed E-state index contributed by atoms with van der Waals surface area (Å²) in [5.41, 5.74) is 1.40. The number of hydrogen-bond donors (Lipinski definition) is 2. The lowest BCUT2D eigenvalue weighted by molar-refractivity contribution is -0.119. The smallest absolute Gasteiger partial charge is 0.239 e. The van der Waals surface area contributed by atoms with Gasteiger partial charge in [0.05, 0.1) is 12.2 Å². The Morgan fingerprint density at radius 2 is 2.20 bits per heavy atom. The van der Waals surface area contributed by atoms with Crippen LogP contribution in [0.15, 0.2) is 18.2 Å². The average Bonchev–Trinajstić information content (AvgIpc) is 3.20. The molecule has 1 aromatic carbocycles. The molecule has 1 fully saturated rings. The van der Waals surface area contributed by atoms with Gasteiger partial charge in [-0.1, -0.05) is 12.1 Å². The van der Waals surface area contributed by atoms with Gasteiger partial charge in [0.15, 0.2) is 0 Å². The zero-order chi connectivity index (χ0) is 14.5. The molecule has 2 N–H and O–H groups in total. The number of likely N-dealkylation sites (N-methyl/N-ethyl adjacent to an activating group) is 2. The lowest BCUT2D eigenvalue weighted by Crippen LogP contribution is -2.36. The van der Waals surface area contributed by atoms with Crippen LogP contribution in [-0.2, 0) is 11.3 Å². The maximum atomic E-state index is 14.1. The summed E-state index contributed by atoms with van der Waals surface area (Å²) < 4.78 is 14.1. The number of amides is 1. The number of nitrogens with zero attached hydrogens (tertiary/aromatic N) is 1. The van der Waals surface area contributed by atoms with E-state index in [9.17, 15) is 9.18 Å². The van der Waals surface area contributed by atoms with Crippen molar-refractivity contribution in [1.82, 2.24) is 10.6 Å². The summed E-state index contributed by atoms with van der Waals surface area (Å²) in [6.07, 6.45) is 2.39. The summed E-state index contributed by atoms with van der Waals surface area (Å²) >= 11 is 0. The van der Waals surface area contributed by atoms with Crippen LogP contribution in [0.3, 0.4) is 0 Å². The van der Waals surface area contributed by atoms with Crippen LogP contribution in [0.4, 0.5) is 10.1 Å². The molecule has 20 heavy (non-hydrogen) atoms. The molecule has 1 aliphatic carbocycles. The lowest BCUT2D eigenvalue weighted by atomic mass is 10.1. The Balaban J connectivity index is 2.08. The van der Waals surface area contributed by atoms with Gasteiger partial charge in [0, 0.05) is 26.2 Å². The van der Waals surface area contributed by atoms with E-state index < -0.39 is 0 Å². The number of para-hydroxylation sites is 1. The first-order valence-electron chi connectivity index (χ1n) is 7.10. The highest BCUT2D eigenvalue weighted by Crippen LogP contribution is 2.25. The third-order valence-corrected chi connectivity index (χ3v) is 3.37. The van der Waals surface area contributed by atoms with Crippen LogP contribution in [0.25, 0.3) is 0 Å². The van der Waals surface area contributed by atoms with Crippen molar-refractivity contribution in [2.75, 3.05) is 25.0 Å². The summed E-state index contributed by atoms with van der Waals surface area (Å²) in [5.74, 6) is -0.383. The molecule has 2 rings (SSSR count). The Morgan fingerprint density at radius 3 is 2.85 bits per heavy atom. The maximum Gasteiger partial charge on any atom is 0.239 e. The summed E-state index contributed by atoms with van der Waals surface area (Å²) in [5, 5.41) is 6.11. The number of nitrogens with one attached hydrogen (secondary N) is 2. The molecule has 0 heterocycles. The fourth-order valence-electron chi connectivity index (χ4n) is 2.22. The van der Waals surface area contributed by atoms with Crippen molar-refractivity contribution in [3.8, 4) is 0 Å². The molecule has 0 bridgehead atoms. The molecule has 4 nitrogen and oxygen atoms in total. The molecule has 0 aromatic heterocycles. The molecule has 110 valence electrons. The average molecular weight is 279 g/mol. The number of hydrogen-bond acceptors (Lipinski definition) is 3. The highest BCUT2D eigenvalue weighted by Gasteiger charge is 2.22. The van der Waals surface area contributed by atoms with Gasteiger partial charge >= 0.3 is 0 Å². The van der Waals surface area contributed by atoms with E-state index in [2.05, 4.69) is 10.6 Å². The van der Waals surface area contributed by atoms with E-state index in [1.807, 2.05) is 13.0 Å². The van der Waals surface area contributed by atoms with Gasteiger partial charge in [-0.25, -0.2) is 4.39 Å². The first-order chi connectivity index (χ1) is 9.61. The second-order valence-electron chi connectivity index (χ2n) is 5.21. The number of carbonyl (C=O) groups is 1. The largest absolute Gasteiger partial charge is 0.363 e. The van der Waals surface area contributed by atoms with Crippen molar-refractivity contribution in [3.63, 3.8) is 0 Å². The second-order valence-corrected chi connectivity index (χ2v) is 5.21. The third kappa shape index (κ3) is 3.93. The van der Waals surface area contributed by atoms with Gasteiger partial charge < -0.3 is 15.5 Å². The molecular weight excluding hydrogens is 257 g/mol. The summed E-state index contributed by atoms with van der Waals surface area (Å²) in [4.78, 5) is 13.3. The van der Waals surface area contributed by atoms with Crippen molar-refractivity contribution in [2.24, 2.45) is 0 Å². The Morgan fingerprint density at radius 1 is 1.45 bits per heavy atom. The minimum atomic E-state index is -0.285. The molecule has 1 aliphatic rings. The van der Waals surface area contributed by atoms with E-state index in [1.54, 1.807) is 18.0 Å². The van der Waals surface area contributed by atoms with Gasteiger partial charge in [0.25, 0.3) is 0 Å². The SMILES string of the molecule is CCNC(=O)CN(C)c1c(F)cccc1CNC1CC1. The highest BCUT2D eigenvalue weighted by molar-refractivity contribution is 5.81. The van der Waals surface area contributed by atoms with E-state index >= 15 is 0 Å². The molecular formula is C15H22FN3O. The molecule has 0 radical (unpaired) electrons. The summed E-state index contributed by atoms with van der Waals surface area (Å²) in [6.45, 7) is 3.24. The van der Waals surface area contributed by atoms with E-state index in [4.69, 9.17) is 0 Å². The van der Waals surface area contributed by atoms with Crippen LogP contribution < -0.4 is 15.5 Å². The Hall–Kier alpha value is -1.62. The van der Waals surface area contributed by atoms with Crippen LogP contribution >= 0.6 is 0 Å². The minimum Gasteiger partial charge on any atom is -0.363 e. The van der Waals surface area contributed by atoms with Gasteiger partial charge in [0.2, 0.25) is 5.91 Å². The monoisotopic (exact) mass is 279 g/mol. The Kier molecular flexibility index (Phi) is 4.95. The summed E-state index contributed by atoms with van der Waals surface area (Å²) in [6, 6.07) is 5.62. The molecule has 0 unspecified atom stereocenters. The quantitative estimate of drug-likeness (QED) is 0.797. The number of carbonyl (C=O) groups excluding carboxylic acids is 1. The van der Waals surface area contributed by atoms with Crippen molar-refractivity contribution >= 4 is 11.6 Å². The fourth-order valence-corrected chi connectivity index (χ4v) is 2.22. The molecule has 5 heteroatoms. The molecule has 1 aromatic rings. The minimum absolute atomic E-state index is 0.0978. The molecule has 1 saturated carbocycles. The number of rotatable bonds is 7. The number of halogens is 1. The van der Waals surface area contributed by atoms with Crippen molar-refractivity contribution in [1.29, 1.82) is 0 Å². The van der Waals surface area contributed by atoms with Crippen LogP contribution in [0.5, 0.6) is 0 Å². The van der Waals surface area contributed by atoms with Crippen LogP contribution in [0, 0.1) is 5.82 Å². The topological polar surface area (TPSA) is 44.4 Å². The Labute approximate surface area is 119 Å². The van der Waals surface area contributed by atoms with E-state index in [-0.39, 0.29) is 18.3 Å². The number of benzene rings is 1. The third-order valence-electron chi connectivity index (χ3n) is 3.37. The highest BCUT2D eigenvalue weighted by atomic mass is 19.1. The first kappa shape index (κ1) is 14.8. The molecule has 0 atom stereocenters. The van der Waals surface area contributed by atoms with Crippen molar-refractivity contribution in [3.05, 3.63) is 29.6 Å². The van der Waals surface area contributed by atoms with Crippen molar-refractivity contribution in [2.45, 2.75) is 32.4 Å². The fraction of sp³-hybridized carbons (Fsp3) is 0.533. The van der Waals surface area contributed by atoms with Crippen LogP contribution in [0.1, 0.15) is 25.3 Å². The van der Waals surface area contributed by atoms with Crippen LogP contribution in [-0.4, -0.2) is 32.1 Å². The number of anilines is 1. The van der Waals surface area contributed by atoms with Crippen molar-refractivity contribution < 1.29 is 9.18 Å². The zero-order valence-electron chi connectivity index (χ0n) is 12.1. The van der Waals surface area contributed by atoms with Crippen LogP contribution in [0.2, 0.25) is 0 Å². The van der Waals surface area contributed by atoms with E-state index in [0.717, 1.165) is 5.56 Å². The standard InChI is InChI=1S/C15H22FN3O/c1-3-17-14(20)10-19(2)15-11(5-4-6-13(15)16)9-18-12-7-8-12/h4-6,12,18H,3,7-10H2,1-2H3,(H,17,20). The van der Waals surface area contributed by atoms with Gasteiger partial charge in [-0.3, -0.25) is 4.79 Å². The van der Waals surface area contributed by atoms with Gasteiger partial charge in [0.1, 0.15) is 5.82 Å². The molecule has 1 amide bonds. The van der Waals surface area contributed by atoms with E-state index in [1.165, 1.54) is 18.9 Å².